The number of hydrogen-bond acceptors (Lipinski definition) is 3. The van der Waals surface area contributed by atoms with Crippen LogP contribution in [0.25, 0.3) is 0 Å². The lowest BCUT2D eigenvalue weighted by Crippen LogP contribution is -2.61. The second-order valence-corrected chi connectivity index (χ2v) is 8.18. The first kappa shape index (κ1) is 16.4. The van der Waals surface area contributed by atoms with Crippen LogP contribution in [0.1, 0.15) is 44.1 Å². The molecule has 5 rings (SSSR count). The van der Waals surface area contributed by atoms with E-state index in [-0.39, 0.29) is 5.54 Å². The van der Waals surface area contributed by atoms with E-state index >= 15 is 0 Å². The first-order chi connectivity index (χ1) is 12.0. The van der Waals surface area contributed by atoms with Crippen LogP contribution < -0.4 is 15.4 Å². The van der Waals surface area contributed by atoms with Crippen molar-refractivity contribution in [3.05, 3.63) is 29.8 Å². The molecule has 4 fully saturated rings. The van der Waals surface area contributed by atoms with E-state index in [2.05, 4.69) is 10.6 Å². The highest BCUT2D eigenvalue weighted by molar-refractivity contribution is 6.35. The second-order valence-electron chi connectivity index (χ2n) is 8.18. The highest BCUT2D eigenvalue weighted by atomic mass is 16.5. The predicted molar refractivity (Wildman–Crippen MR) is 93.9 cm³/mol. The topological polar surface area (TPSA) is 67.4 Å². The van der Waals surface area contributed by atoms with Crippen LogP contribution in [0.2, 0.25) is 0 Å². The lowest BCUT2D eigenvalue weighted by Gasteiger charge is -2.56. The first-order valence-electron chi connectivity index (χ1n) is 9.28. The quantitative estimate of drug-likeness (QED) is 0.826. The molecule has 0 aromatic heterocycles. The molecule has 4 bridgehead atoms. The van der Waals surface area contributed by atoms with Crippen molar-refractivity contribution in [2.75, 3.05) is 7.11 Å². The Bertz CT molecular complexity index is 633. The molecule has 0 saturated heterocycles. The maximum absolute atomic E-state index is 12.4. The van der Waals surface area contributed by atoms with Gasteiger partial charge in [-0.25, -0.2) is 0 Å². The zero-order valence-electron chi connectivity index (χ0n) is 14.7. The average Bonchev–Trinajstić information content (AvgIpc) is 2.58. The monoisotopic (exact) mass is 342 g/mol. The van der Waals surface area contributed by atoms with Gasteiger partial charge in [0.2, 0.25) is 0 Å². The average molecular weight is 342 g/mol. The highest BCUT2D eigenvalue weighted by Crippen LogP contribution is 2.55. The van der Waals surface area contributed by atoms with Gasteiger partial charge in [-0.3, -0.25) is 9.59 Å². The lowest BCUT2D eigenvalue weighted by atomic mass is 9.53. The van der Waals surface area contributed by atoms with Crippen molar-refractivity contribution in [3.8, 4) is 5.75 Å². The molecule has 2 N–H and O–H groups in total. The van der Waals surface area contributed by atoms with Gasteiger partial charge in [-0.15, -0.1) is 0 Å². The van der Waals surface area contributed by atoms with Gasteiger partial charge in [0.15, 0.2) is 0 Å². The second kappa shape index (κ2) is 6.36. The molecule has 25 heavy (non-hydrogen) atoms. The Balaban J connectivity index is 1.32. The third-order valence-electron chi connectivity index (χ3n) is 6.24. The van der Waals surface area contributed by atoms with Crippen molar-refractivity contribution in [1.82, 2.24) is 10.6 Å². The summed E-state index contributed by atoms with van der Waals surface area (Å²) in [5, 5.41) is 5.83. The molecule has 1 aromatic carbocycles. The van der Waals surface area contributed by atoms with E-state index in [0.29, 0.717) is 6.54 Å². The molecule has 1 aromatic rings. The third-order valence-corrected chi connectivity index (χ3v) is 6.24. The summed E-state index contributed by atoms with van der Waals surface area (Å²) in [4.78, 5) is 24.6. The van der Waals surface area contributed by atoms with Gasteiger partial charge in [-0.05, 0) is 74.0 Å². The predicted octanol–water partition coefficient (Wildman–Crippen LogP) is 2.40. The van der Waals surface area contributed by atoms with Crippen LogP contribution in [0.15, 0.2) is 24.3 Å². The van der Waals surface area contributed by atoms with Crippen molar-refractivity contribution < 1.29 is 14.3 Å². The molecule has 0 radical (unpaired) electrons. The lowest BCUT2D eigenvalue weighted by molar-refractivity contribution is -0.142. The maximum Gasteiger partial charge on any atom is 0.309 e. The molecule has 4 aliphatic rings. The summed E-state index contributed by atoms with van der Waals surface area (Å²) in [7, 11) is 1.62. The van der Waals surface area contributed by atoms with Crippen molar-refractivity contribution in [1.29, 1.82) is 0 Å². The molecule has 4 saturated carbocycles. The van der Waals surface area contributed by atoms with Gasteiger partial charge in [0.05, 0.1) is 7.11 Å². The van der Waals surface area contributed by atoms with E-state index in [1.807, 2.05) is 24.3 Å². The van der Waals surface area contributed by atoms with E-state index in [0.717, 1.165) is 48.3 Å². The smallest absolute Gasteiger partial charge is 0.309 e. The minimum absolute atomic E-state index is 0.122. The molecular formula is C20H26N2O3. The number of hydrogen-bond donors (Lipinski definition) is 2. The summed E-state index contributed by atoms with van der Waals surface area (Å²) in [6, 6.07) is 7.46. The van der Waals surface area contributed by atoms with Crippen molar-refractivity contribution in [2.45, 2.75) is 50.6 Å². The Labute approximate surface area is 148 Å². The minimum atomic E-state index is -0.536. The zero-order valence-corrected chi connectivity index (χ0v) is 14.7. The Morgan fingerprint density at radius 1 is 1.00 bits per heavy atom. The number of methoxy groups -OCH3 is 1. The normalized spacial score (nSPS) is 32.3. The number of benzene rings is 1. The molecule has 4 aliphatic carbocycles. The Morgan fingerprint density at radius 2 is 1.56 bits per heavy atom. The van der Waals surface area contributed by atoms with Gasteiger partial charge in [0.25, 0.3) is 0 Å². The molecule has 5 nitrogen and oxygen atoms in total. The fraction of sp³-hybridized carbons (Fsp3) is 0.600. The molecule has 2 amide bonds. The summed E-state index contributed by atoms with van der Waals surface area (Å²) in [5.41, 5.74) is 0.820. The first-order valence-corrected chi connectivity index (χ1v) is 9.28. The summed E-state index contributed by atoms with van der Waals surface area (Å²) in [6.07, 6.45) is 7.11. The maximum atomic E-state index is 12.4. The molecule has 0 heterocycles. The highest BCUT2D eigenvalue weighted by Gasteiger charge is 2.51. The summed E-state index contributed by atoms with van der Waals surface area (Å²) in [6.45, 7) is 0.344. The molecular weight excluding hydrogens is 316 g/mol. The van der Waals surface area contributed by atoms with Crippen LogP contribution in [-0.2, 0) is 16.1 Å². The molecule has 0 unspecified atom stereocenters. The molecule has 134 valence electrons. The molecule has 0 atom stereocenters. The number of carbonyl (C=O) groups excluding carboxylic acids is 2. The van der Waals surface area contributed by atoms with Gasteiger partial charge >= 0.3 is 11.8 Å². The van der Waals surface area contributed by atoms with Crippen LogP contribution in [0.3, 0.4) is 0 Å². The summed E-state index contributed by atoms with van der Waals surface area (Å²) < 4.78 is 5.12. The number of ether oxygens (including phenoxy) is 1. The SMILES string of the molecule is COc1ccc(CNC(=O)C(=O)NC23CC4CC(CC(C4)C2)C3)cc1. The van der Waals surface area contributed by atoms with E-state index in [1.54, 1.807) is 7.11 Å². The van der Waals surface area contributed by atoms with Gasteiger partial charge < -0.3 is 15.4 Å². The van der Waals surface area contributed by atoms with E-state index < -0.39 is 11.8 Å². The number of rotatable bonds is 4. The Morgan fingerprint density at radius 3 is 2.08 bits per heavy atom. The number of carbonyl (C=O) groups is 2. The van der Waals surface area contributed by atoms with Gasteiger partial charge in [0.1, 0.15) is 5.75 Å². The minimum Gasteiger partial charge on any atom is -0.497 e. The zero-order chi connectivity index (χ0) is 17.4. The van der Waals surface area contributed by atoms with Crippen molar-refractivity contribution >= 4 is 11.8 Å². The summed E-state index contributed by atoms with van der Waals surface area (Å²) in [5.74, 6) is 1.99. The standard InChI is InChI=1S/C20H26N2O3/c1-25-17-4-2-13(3-5-17)12-21-18(23)19(24)22-20-9-14-6-15(10-20)8-16(7-14)11-20/h2-5,14-16H,6-12H2,1H3,(H,21,23)(H,22,24). The third kappa shape index (κ3) is 3.37. The molecule has 0 aliphatic heterocycles. The van der Waals surface area contributed by atoms with Crippen molar-refractivity contribution in [2.24, 2.45) is 17.8 Å². The fourth-order valence-corrected chi connectivity index (χ4v) is 5.57. The number of nitrogens with one attached hydrogen (secondary N) is 2. The van der Waals surface area contributed by atoms with Crippen LogP contribution in [0, 0.1) is 17.8 Å². The fourth-order valence-electron chi connectivity index (χ4n) is 5.57. The van der Waals surface area contributed by atoms with Gasteiger partial charge in [-0.1, -0.05) is 12.1 Å². The Kier molecular flexibility index (Phi) is 4.18. The van der Waals surface area contributed by atoms with Crippen LogP contribution in [0.4, 0.5) is 0 Å². The van der Waals surface area contributed by atoms with E-state index in [1.165, 1.54) is 19.3 Å². The summed E-state index contributed by atoms with van der Waals surface area (Å²) >= 11 is 0. The van der Waals surface area contributed by atoms with Crippen LogP contribution in [-0.4, -0.2) is 24.5 Å². The van der Waals surface area contributed by atoms with E-state index in [4.69, 9.17) is 4.74 Å². The van der Waals surface area contributed by atoms with Crippen LogP contribution in [0.5, 0.6) is 5.75 Å². The molecule has 0 spiro atoms. The molecule has 5 heteroatoms. The van der Waals surface area contributed by atoms with Gasteiger partial charge in [0, 0.05) is 12.1 Å². The van der Waals surface area contributed by atoms with E-state index in [9.17, 15) is 9.59 Å². The van der Waals surface area contributed by atoms with Crippen LogP contribution >= 0.6 is 0 Å². The van der Waals surface area contributed by atoms with Gasteiger partial charge in [-0.2, -0.15) is 0 Å². The van der Waals surface area contributed by atoms with Crippen molar-refractivity contribution in [3.63, 3.8) is 0 Å². The largest absolute Gasteiger partial charge is 0.497 e. The number of amides is 2. The Hall–Kier alpha value is -2.04.